The van der Waals surface area contributed by atoms with Gasteiger partial charge in [-0.15, -0.1) is 0 Å². The number of hydrogen-bond acceptors (Lipinski definition) is 1. The van der Waals surface area contributed by atoms with E-state index >= 15 is 0 Å². The van der Waals surface area contributed by atoms with Crippen LogP contribution in [0.25, 0.3) is 0 Å². The van der Waals surface area contributed by atoms with E-state index in [-0.39, 0.29) is 29.5 Å². The molecule has 3 aromatic carbocycles. The normalized spacial score (nSPS) is 15.0. The lowest BCUT2D eigenvalue weighted by atomic mass is 9.75. The van der Waals surface area contributed by atoms with Crippen LogP contribution in [0.4, 0.5) is 5.69 Å². The van der Waals surface area contributed by atoms with Gasteiger partial charge >= 0.3 is 0 Å². The van der Waals surface area contributed by atoms with Crippen LogP contribution in [0.3, 0.4) is 0 Å². The van der Waals surface area contributed by atoms with Gasteiger partial charge < -0.3 is 24.0 Å². The number of rotatable bonds is 2. The third-order valence-corrected chi connectivity index (χ3v) is 4.93. The molecule has 4 rings (SSSR count). The first-order valence-corrected chi connectivity index (χ1v) is 8.26. The summed E-state index contributed by atoms with van der Waals surface area (Å²) in [4.78, 5) is 2.19. The Hall–Kier alpha value is -2.14. The van der Waals surface area contributed by atoms with Gasteiger partial charge in [0.05, 0.1) is 19.7 Å². The Kier molecular flexibility index (Phi) is 4.95. The molecule has 0 fully saturated rings. The predicted octanol–water partition coefficient (Wildman–Crippen LogP) is 1.10. The molecule has 126 valence electrons. The maximum Gasteiger partial charge on any atom is 0.240 e. The van der Waals surface area contributed by atoms with Crippen LogP contribution in [0.1, 0.15) is 16.7 Å². The van der Waals surface area contributed by atoms with Gasteiger partial charge in [-0.2, -0.15) is 0 Å². The highest BCUT2D eigenvalue weighted by molar-refractivity contribution is 5.81. The van der Waals surface area contributed by atoms with E-state index in [9.17, 15) is 0 Å². The molecule has 25 heavy (non-hydrogen) atoms. The Labute approximate surface area is 166 Å². The molecular formula is C22H21IN2. The molecule has 0 spiro atoms. The molecule has 1 aliphatic heterocycles. The summed E-state index contributed by atoms with van der Waals surface area (Å²) < 4.78 is 2.32. The maximum absolute atomic E-state index is 2.32. The van der Waals surface area contributed by atoms with E-state index < -0.39 is 0 Å². The van der Waals surface area contributed by atoms with Crippen LogP contribution in [-0.4, -0.2) is 25.0 Å². The minimum Gasteiger partial charge on any atom is -1.00 e. The Morgan fingerprint density at radius 1 is 0.720 bits per heavy atom. The second-order valence-electron chi connectivity index (χ2n) is 6.30. The molecule has 0 amide bonds. The molecule has 0 radical (unpaired) electrons. The lowest BCUT2D eigenvalue weighted by Crippen LogP contribution is -3.00. The number of fused-ring (bicyclic) bond motifs is 1. The Bertz CT molecular complexity index is 849. The molecular weight excluding hydrogens is 419 g/mol. The first-order chi connectivity index (χ1) is 11.7. The third kappa shape index (κ3) is 2.67. The highest BCUT2D eigenvalue weighted by Gasteiger charge is 2.47. The van der Waals surface area contributed by atoms with Crippen LogP contribution in [0.2, 0.25) is 0 Å². The van der Waals surface area contributed by atoms with E-state index in [1.54, 1.807) is 0 Å². The third-order valence-electron chi connectivity index (χ3n) is 4.93. The topological polar surface area (TPSA) is 6.25 Å². The van der Waals surface area contributed by atoms with E-state index in [0.717, 1.165) is 0 Å². The van der Waals surface area contributed by atoms with Gasteiger partial charge in [-0.25, -0.2) is 4.90 Å². The standard InChI is InChI=1S/C22H21N2.HI/c1-23-17-24(2)22(18-11-5-3-6-12-18,19-13-7-4-8-14-19)20-15-9-10-16-21(20)23;/h3-17H,1-2H3;1H/q+1;/p-1. The second-order valence-corrected chi connectivity index (χ2v) is 6.30. The molecule has 1 aliphatic rings. The lowest BCUT2D eigenvalue weighted by Gasteiger charge is -2.38. The Morgan fingerprint density at radius 2 is 1.20 bits per heavy atom. The van der Waals surface area contributed by atoms with E-state index in [4.69, 9.17) is 0 Å². The first-order valence-electron chi connectivity index (χ1n) is 8.26. The number of benzene rings is 3. The second kappa shape index (κ2) is 7.00. The number of anilines is 1. The first kappa shape index (κ1) is 17.7. The van der Waals surface area contributed by atoms with Crippen molar-refractivity contribution < 1.29 is 28.6 Å². The average molecular weight is 440 g/mol. The van der Waals surface area contributed by atoms with Gasteiger partial charge in [0, 0.05) is 11.1 Å². The van der Waals surface area contributed by atoms with E-state index in [0.29, 0.717) is 0 Å². The van der Waals surface area contributed by atoms with Crippen LogP contribution in [0, 0.1) is 0 Å². The van der Waals surface area contributed by atoms with Crippen molar-refractivity contribution in [2.24, 2.45) is 0 Å². The highest BCUT2D eigenvalue weighted by atomic mass is 127. The van der Waals surface area contributed by atoms with E-state index in [1.165, 1.54) is 22.4 Å². The van der Waals surface area contributed by atoms with Crippen LogP contribution in [0.15, 0.2) is 84.9 Å². The van der Waals surface area contributed by atoms with Crippen molar-refractivity contribution >= 4 is 12.0 Å². The summed E-state index contributed by atoms with van der Waals surface area (Å²) in [6.07, 6.45) is 2.18. The number of halogens is 1. The molecule has 0 bridgehead atoms. The number of para-hydroxylation sites is 1. The van der Waals surface area contributed by atoms with Crippen molar-refractivity contribution in [1.29, 1.82) is 0 Å². The van der Waals surface area contributed by atoms with Crippen molar-refractivity contribution in [2.45, 2.75) is 5.54 Å². The SMILES string of the molecule is CN1C=[N+](C)C(c2ccccc2)(c2ccccc2)c2ccccc21.[I-]. The minimum absolute atomic E-state index is 0. The fraction of sp³-hybridized carbons (Fsp3) is 0.136. The highest BCUT2D eigenvalue weighted by Crippen LogP contribution is 2.45. The monoisotopic (exact) mass is 440 g/mol. The van der Waals surface area contributed by atoms with Gasteiger partial charge in [0.2, 0.25) is 6.34 Å². The molecule has 3 heteroatoms. The van der Waals surface area contributed by atoms with Gasteiger partial charge in [-0.3, -0.25) is 4.58 Å². The Balaban J connectivity index is 0.00000182. The molecule has 0 unspecified atom stereocenters. The summed E-state index contributed by atoms with van der Waals surface area (Å²) >= 11 is 0. The quantitative estimate of drug-likeness (QED) is 0.428. The van der Waals surface area contributed by atoms with Crippen molar-refractivity contribution in [3.05, 3.63) is 102 Å². The smallest absolute Gasteiger partial charge is 0.240 e. The van der Waals surface area contributed by atoms with Crippen molar-refractivity contribution in [3.63, 3.8) is 0 Å². The summed E-state index contributed by atoms with van der Waals surface area (Å²) in [5.41, 5.74) is 4.76. The summed E-state index contributed by atoms with van der Waals surface area (Å²) in [7, 11) is 4.27. The molecule has 0 atom stereocenters. The zero-order valence-electron chi connectivity index (χ0n) is 14.4. The Morgan fingerprint density at radius 3 is 1.76 bits per heavy atom. The van der Waals surface area contributed by atoms with Gasteiger partial charge in [0.15, 0.2) is 5.54 Å². The predicted molar refractivity (Wildman–Crippen MR) is 99.9 cm³/mol. The molecule has 0 saturated heterocycles. The van der Waals surface area contributed by atoms with Crippen LogP contribution >= 0.6 is 0 Å². The van der Waals surface area contributed by atoms with Crippen LogP contribution in [0.5, 0.6) is 0 Å². The summed E-state index contributed by atoms with van der Waals surface area (Å²) in [6, 6.07) is 30.2. The zero-order valence-corrected chi connectivity index (χ0v) is 16.6. The van der Waals surface area contributed by atoms with Crippen LogP contribution in [-0.2, 0) is 5.54 Å². The van der Waals surface area contributed by atoms with Gasteiger partial charge in [-0.05, 0) is 12.1 Å². The molecule has 0 aromatic heterocycles. The minimum atomic E-state index is -0.328. The molecule has 3 aromatic rings. The molecule has 2 nitrogen and oxygen atoms in total. The molecule has 1 heterocycles. The molecule has 0 saturated carbocycles. The summed E-state index contributed by atoms with van der Waals surface area (Å²) in [6.45, 7) is 0. The van der Waals surface area contributed by atoms with Gasteiger partial charge in [0.1, 0.15) is 5.69 Å². The average Bonchev–Trinajstić information content (AvgIpc) is 2.64. The number of hydrogen-bond donors (Lipinski definition) is 0. The zero-order chi connectivity index (χ0) is 16.6. The van der Waals surface area contributed by atoms with E-state index in [1.807, 2.05) is 0 Å². The fourth-order valence-electron chi connectivity index (χ4n) is 3.93. The maximum atomic E-state index is 2.32. The molecule has 0 N–H and O–H groups in total. The largest absolute Gasteiger partial charge is 1.00 e. The fourth-order valence-corrected chi connectivity index (χ4v) is 3.93. The van der Waals surface area contributed by atoms with Crippen LogP contribution < -0.4 is 28.9 Å². The van der Waals surface area contributed by atoms with Crippen molar-refractivity contribution in [3.8, 4) is 0 Å². The lowest BCUT2D eigenvalue weighted by molar-refractivity contribution is -0.566. The van der Waals surface area contributed by atoms with Crippen molar-refractivity contribution in [1.82, 2.24) is 0 Å². The van der Waals surface area contributed by atoms with Crippen molar-refractivity contribution in [2.75, 3.05) is 19.0 Å². The summed E-state index contributed by atoms with van der Waals surface area (Å²) in [5.74, 6) is 0. The number of nitrogens with zero attached hydrogens (tertiary/aromatic N) is 2. The molecule has 0 aliphatic carbocycles. The van der Waals surface area contributed by atoms with E-state index in [2.05, 4.69) is 115 Å². The van der Waals surface area contributed by atoms with Gasteiger partial charge in [0.25, 0.3) is 0 Å². The summed E-state index contributed by atoms with van der Waals surface area (Å²) in [5, 5.41) is 0. The van der Waals surface area contributed by atoms with Gasteiger partial charge in [-0.1, -0.05) is 72.8 Å².